The summed E-state index contributed by atoms with van der Waals surface area (Å²) in [4.78, 5) is 21.9. The molecule has 2 fully saturated rings. The molecule has 2 aliphatic carbocycles. The maximum atomic E-state index is 10.9. The number of nitrogens with one attached hydrogen (secondary N) is 1. The minimum atomic E-state index is -0.744. The number of rotatable bonds is 4. The van der Waals surface area contributed by atoms with Crippen LogP contribution in [-0.2, 0) is 9.59 Å². The van der Waals surface area contributed by atoms with Crippen molar-refractivity contribution in [3.05, 3.63) is 0 Å². The van der Waals surface area contributed by atoms with E-state index in [-0.39, 0.29) is 17.7 Å². The molecule has 0 unspecified atom stereocenters. The van der Waals surface area contributed by atoms with Crippen molar-refractivity contribution in [3.63, 3.8) is 0 Å². The predicted molar refractivity (Wildman–Crippen MR) is 58.8 cm³/mol. The molecule has 0 aromatic rings. The van der Waals surface area contributed by atoms with E-state index in [0.717, 1.165) is 12.8 Å². The largest absolute Gasteiger partial charge is 0.481 e. The van der Waals surface area contributed by atoms with Gasteiger partial charge in [0.25, 0.3) is 0 Å². The van der Waals surface area contributed by atoms with Crippen molar-refractivity contribution >= 4 is 11.9 Å². The lowest BCUT2D eigenvalue weighted by atomic mass is 9.77. The Labute approximate surface area is 95.4 Å². The summed E-state index contributed by atoms with van der Waals surface area (Å²) in [5, 5.41) is 11.8. The highest BCUT2D eigenvalue weighted by atomic mass is 16.4. The van der Waals surface area contributed by atoms with Gasteiger partial charge < -0.3 is 10.4 Å². The third-order valence-corrected chi connectivity index (χ3v) is 4.20. The fourth-order valence-corrected chi connectivity index (χ4v) is 3.36. The van der Waals surface area contributed by atoms with E-state index in [0.29, 0.717) is 18.4 Å². The second kappa shape index (κ2) is 4.07. The smallest absolute Gasteiger partial charge is 0.303 e. The van der Waals surface area contributed by atoms with Gasteiger partial charge >= 0.3 is 5.97 Å². The highest BCUT2D eigenvalue weighted by Gasteiger charge is 2.49. The Morgan fingerprint density at radius 2 is 1.88 bits per heavy atom. The minimum Gasteiger partial charge on any atom is -0.481 e. The van der Waals surface area contributed by atoms with Crippen LogP contribution in [0.1, 0.15) is 39.0 Å². The molecule has 4 nitrogen and oxygen atoms in total. The summed E-state index contributed by atoms with van der Waals surface area (Å²) in [7, 11) is 0. The average Bonchev–Trinajstić information content (AvgIpc) is 2.39. The maximum Gasteiger partial charge on any atom is 0.303 e. The second-order valence-corrected chi connectivity index (χ2v) is 5.49. The van der Waals surface area contributed by atoms with Gasteiger partial charge in [0.15, 0.2) is 0 Å². The average molecular weight is 225 g/mol. The number of fused-ring (bicyclic) bond motifs is 1. The van der Waals surface area contributed by atoms with Crippen molar-refractivity contribution in [1.82, 2.24) is 5.32 Å². The van der Waals surface area contributed by atoms with Gasteiger partial charge in [-0.15, -0.1) is 0 Å². The van der Waals surface area contributed by atoms with Gasteiger partial charge in [-0.2, -0.15) is 0 Å². The van der Waals surface area contributed by atoms with Crippen LogP contribution in [-0.4, -0.2) is 23.5 Å². The predicted octanol–water partition coefficient (Wildman–Crippen LogP) is 1.40. The van der Waals surface area contributed by atoms with E-state index < -0.39 is 5.97 Å². The van der Waals surface area contributed by atoms with Crippen LogP contribution in [0, 0.1) is 17.3 Å². The Morgan fingerprint density at radius 1 is 1.31 bits per heavy atom. The molecular formula is C12H19NO3. The first-order chi connectivity index (χ1) is 7.51. The molecule has 0 heterocycles. The summed E-state index contributed by atoms with van der Waals surface area (Å²) in [5.41, 5.74) is -0.177. The number of hydrogen-bond acceptors (Lipinski definition) is 2. The first-order valence-corrected chi connectivity index (χ1v) is 5.97. The molecule has 0 aromatic heterocycles. The lowest BCUT2D eigenvalue weighted by molar-refractivity contribution is -0.140. The van der Waals surface area contributed by atoms with Crippen molar-refractivity contribution in [2.75, 3.05) is 6.54 Å². The zero-order valence-corrected chi connectivity index (χ0v) is 9.66. The second-order valence-electron chi connectivity index (χ2n) is 5.49. The first kappa shape index (κ1) is 11.4. The zero-order chi connectivity index (χ0) is 11.8. The molecule has 0 saturated heterocycles. The summed E-state index contributed by atoms with van der Waals surface area (Å²) in [6.45, 7) is 2.01. The topological polar surface area (TPSA) is 66.4 Å². The van der Waals surface area contributed by atoms with E-state index >= 15 is 0 Å². The van der Waals surface area contributed by atoms with Crippen LogP contribution in [0.15, 0.2) is 0 Å². The molecule has 0 aromatic carbocycles. The van der Waals surface area contributed by atoms with Gasteiger partial charge in [-0.25, -0.2) is 0 Å². The number of carbonyl (C=O) groups excluding carboxylic acids is 1. The van der Waals surface area contributed by atoms with Crippen LogP contribution in [0.25, 0.3) is 0 Å². The van der Waals surface area contributed by atoms with E-state index in [1.54, 1.807) is 0 Å². The van der Waals surface area contributed by atoms with Crippen molar-refractivity contribution in [3.8, 4) is 0 Å². The minimum absolute atomic E-state index is 0.0657. The van der Waals surface area contributed by atoms with Crippen LogP contribution in [0.3, 0.4) is 0 Å². The molecule has 4 heteroatoms. The summed E-state index contributed by atoms with van der Waals surface area (Å²) < 4.78 is 0. The Balaban J connectivity index is 2.01. The van der Waals surface area contributed by atoms with E-state index in [4.69, 9.17) is 5.11 Å². The normalized spacial score (nSPS) is 36.3. The molecule has 0 spiro atoms. The van der Waals surface area contributed by atoms with Crippen molar-refractivity contribution in [2.24, 2.45) is 17.3 Å². The van der Waals surface area contributed by atoms with Gasteiger partial charge in [0.1, 0.15) is 0 Å². The molecule has 2 N–H and O–H groups in total. The third kappa shape index (κ3) is 2.20. The molecule has 0 radical (unpaired) electrons. The number of carbonyl (C=O) groups is 2. The van der Waals surface area contributed by atoms with Crippen molar-refractivity contribution < 1.29 is 14.7 Å². The van der Waals surface area contributed by atoms with Gasteiger partial charge in [0.05, 0.1) is 6.42 Å². The van der Waals surface area contributed by atoms with E-state index in [1.165, 1.54) is 19.8 Å². The van der Waals surface area contributed by atoms with Crippen LogP contribution in [0.5, 0.6) is 0 Å². The van der Waals surface area contributed by atoms with Gasteiger partial charge in [0, 0.05) is 13.5 Å². The lowest BCUT2D eigenvalue weighted by Crippen LogP contribution is -2.36. The zero-order valence-electron chi connectivity index (χ0n) is 9.66. The monoisotopic (exact) mass is 225 g/mol. The summed E-state index contributed by atoms with van der Waals surface area (Å²) in [6.07, 6.45) is 4.63. The third-order valence-electron chi connectivity index (χ3n) is 4.20. The fraction of sp³-hybridized carbons (Fsp3) is 0.833. The number of amides is 1. The number of hydrogen-bond donors (Lipinski definition) is 2. The van der Waals surface area contributed by atoms with E-state index in [9.17, 15) is 9.59 Å². The Morgan fingerprint density at radius 3 is 2.25 bits per heavy atom. The molecular weight excluding hydrogens is 206 g/mol. The van der Waals surface area contributed by atoms with E-state index in [1.807, 2.05) is 0 Å². The number of carboxylic acid groups (broad SMARTS) is 1. The Bertz CT molecular complexity index is 301. The molecule has 0 bridgehead atoms. The van der Waals surface area contributed by atoms with Crippen LogP contribution in [0.4, 0.5) is 0 Å². The SMILES string of the molecule is CC(=O)NC[C@]1(CC(=O)O)C[C@H]2CC[C@H]2C1. The highest BCUT2D eigenvalue weighted by Crippen LogP contribution is 2.56. The first-order valence-electron chi connectivity index (χ1n) is 5.97. The number of aliphatic carboxylic acids is 1. The molecule has 1 amide bonds. The molecule has 2 aliphatic rings. The standard InChI is InChI=1S/C12H19NO3/c1-8(14)13-7-12(6-11(15)16)4-9-2-3-10(9)5-12/h9-10H,2-7H2,1H3,(H,13,14)(H,15,16)/t9-,10+,12-. The molecule has 90 valence electrons. The Kier molecular flexibility index (Phi) is 2.91. The van der Waals surface area contributed by atoms with E-state index in [2.05, 4.69) is 5.32 Å². The van der Waals surface area contributed by atoms with Crippen molar-refractivity contribution in [2.45, 2.75) is 39.0 Å². The summed E-state index contributed by atoms with van der Waals surface area (Å²) in [5.74, 6) is 0.622. The molecule has 2 rings (SSSR count). The van der Waals surface area contributed by atoms with Crippen LogP contribution < -0.4 is 5.32 Å². The van der Waals surface area contributed by atoms with Gasteiger partial charge in [0.2, 0.25) is 5.91 Å². The van der Waals surface area contributed by atoms with Crippen LogP contribution in [0.2, 0.25) is 0 Å². The molecule has 3 atom stereocenters. The summed E-state index contributed by atoms with van der Waals surface area (Å²) in [6, 6.07) is 0. The van der Waals surface area contributed by atoms with Gasteiger partial charge in [-0.3, -0.25) is 9.59 Å². The van der Waals surface area contributed by atoms with Crippen molar-refractivity contribution in [1.29, 1.82) is 0 Å². The molecule has 2 saturated carbocycles. The number of carboxylic acids is 1. The quantitative estimate of drug-likeness (QED) is 0.760. The fourth-order valence-electron chi connectivity index (χ4n) is 3.36. The maximum absolute atomic E-state index is 10.9. The molecule has 16 heavy (non-hydrogen) atoms. The van der Waals surface area contributed by atoms with Gasteiger partial charge in [-0.1, -0.05) is 0 Å². The lowest BCUT2D eigenvalue weighted by Gasteiger charge is -2.29. The Hall–Kier alpha value is -1.06. The van der Waals surface area contributed by atoms with Gasteiger partial charge in [-0.05, 0) is 42.9 Å². The van der Waals surface area contributed by atoms with Crippen LogP contribution >= 0.6 is 0 Å². The highest BCUT2D eigenvalue weighted by molar-refractivity contribution is 5.73. The molecule has 0 aliphatic heterocycles. The summed E-state index contributed by atoms with van der Waals surface area (Å²) >= 11 is 0.